The van der Waals surface area contributed by atoms with Gasteiger partial charge in [-0.2, -0.15) is 5.10 Å². The van der Waals surface area contributed by atoms with Crippen LogP contribution in [0.2, 0.25) is 0 Å². The molecule has 30 heavy (non-hydrogen) atoms. The van der Waals surface area contributed by atoms with Crippen molar-refractivity contribution in [2.45, 2.75) is 51.6 Å². The fourth-order valence-electron chi connectivity index (χ4n) is 4.53. The lowest BCUT2D eigenvalue weighted by Crippen LogP contribution is -2.42. The van der Waals surface area contributed by atoms with Gasteiger partial charge in [0.15, 0.2) is 5.65 Å². The van der Waals surface area contributed by atoms with Gasteiger partial charge in [-0.05, 0) is 55.5 Å². The number of hydrogen-bond donors (Lipinski definition) is 1. The van der Waals surface area contributed by atoms with Crippen molar-refractivity contribution < 1.29 is 4.79 Å². The molecular formula is C21H30BrN7O. The van der Waals surface area contributed by atoms with Crippen molar-refractivity contribution >= 4 is 37.9 Å². The first kappa shape index (κ1) is 21.2. The van der Waals surface area contributed by atoms with E-state index in [1.165, 1.54) is 0 Å². The third-order valence-electron chi connectivity index (χ3n) is 6.22. The molecule has 1 amide bonds. The van der Waals surface area contributed by atoms with Gasteiger partial charge in [-0.25, -0.2) is 9.50 Å². The van der Waals surface area contributed by atoms with E-state index in [0.717, 1.165) is 68.0 Å². The number of nitrogens with two attached hydrogens (primary N) is 1. The highest BCUT2D eigenvalue weighted by molar-refractivity contribution is 9.18. The largest absolute Gasteiger partial charge is 0.355 e. The van der Waals surface area contributed by atoms with Crippen LogP contribution in [0.15, 0.2) is 17.3 Å². The third-order valence-corrected chi connectivity index (χ3v) is 7.26. The number of carbonyl (C=O) groups is 1. The molecule has 9 heteroatoms. The van der Waals surface area contributed by atoms with Gasteiger partial charge in [0.1, 0.15) is 5.82 Å². The molecule has 0 aliphatic carbocycles. The van der Waals surface area contributed by atoms with Gasteiger partial charge in [-0.1, -0.05) is 0 Å². The second-order valence-corrected chi connectivity index (χ2v) is 9.24. The Labute approximate surface area is 185 Å². The number of halogens is 1. The molecule has 4 rings (SSSR count). The van der Waals surface area contributed by atoms with Crippen molar-refractivity contribution in [1.29, 1.82) is 0 Å². The summed E-state index contributed by atoms with van der Waals surface area (Å²) in [5, 5.41) is 4.81. The van der Waals surface area contributed by atoms with Gasteiger partial charge < -0.3 is 15.5 Å². The van der Waals surface area contributed by atoms with Crippen molar-refractivity contribution in [3.05, 3.63) is 23.5 Å². The number of aryl methyl sites for hydroxylation is 1. The number of aromatic nitrogens is 3. The summed E-state index contributed by atoms with van der Waals surface area (Å²) in [5.74, 6) is 0.777. The number of nitrogens with zero attached hydrogens (tertiary/aromatic N) is 6. The second kappa shape index (κ2) is 8.63. The van der Waals surface area contributed by atoms with Crippen LogP contribution < -0.4 is 10.6 Å². The van der Waals surface area contributed by atoms with E-state index >= 15 is 0 Å². The van der Waals surface area contributed by atoms with E-state index < -0.39 is 0 Å². The normalized spacial score (nSPS) is 24.0. The number of hydrogen-bond acceptors (Lipinski definition) is 6. The van der Waals surface area contributed by atoms with E-state index in [1.807, 2.05) is 28.6 Å². The molecule has 0 saturated carbocycles. The topological polar surface area (TPSA) is 92.1 Å². The Kier molecular flexibility index (Phi) is 6.11. The van der Waals surface area contributed by atoms with E-state index in [0.29, 0.717) is 4.62 Å². The van der Waals surface area contributed by atoms with Gasteiger partial charge in [0.25, 0.3) is 0 Å². The molecule has 0 aromatic carbocycles. The highest BCUT2D eigenvalue weighted by Gasteiger charge is 2.33. The van der Waals surface area contributed by atoms with Crippen LogP contribution >= 0.6 is 15.9 Å². The van der Waals surface area contributed by atoms with E-state index in [4.69, 9.17) is 15.8 Å². The lowest BCUT2D eigenvalue weighted by Gasteiger charge is -2.36. The van der Waals surface area contributed by atoms with Crippen LogP contribution in [0.5, 0.6) is 0 Å². The SMILES string of the molecule is CN=C(Br)C(C)C(=O)N1CCCC[C@H]1c1cc2nc(N3CC[C@H](N)C3)c(C)cn2n1. The van der Waals surface area contributed by atoms with Crippen LogP contribution in [-0.2, 0) is 4.79 Å². The predicted octanol–water partition coefficient (Wildman–Crippen LogP) is 2.69. The second-order valence-electron chi connectivity index (χ2n) is 8.43. The number of rotatable bonds is 4. The van der Waals surface area contributed by atoms with Gasteiger partial charge in [-0.15, -0.1) is 0 Å². The first-order valence-corrected chi connectivity index (χ1v) is 11.5. The number of piperidine rings is 1. The van der Waals surface area contributed by atoms with E-state index in [2.05, 4.69) is 32.7 Å². The summed E-state index contributed by atoms with van der Waals surface area (Å²) in [7, 11) is 1.70. The molecule has 0 bridgehead atoms. The highest BCUT2D eigenvalue weighted by Crippen LogP contribution is 2.33. The van der Waals surface area contributed by atoms with Gasteiger partial charge in [0.2, 0.25) is 5.91 Å². The molecule has 162 valence electrons. The van der Waals surface area contributed by atoms with E-state index in [1.54, 1.807) is 7.05 Å². The Morgan fingerprint density at radius 2 is 2.13 bits per heavy atom. The van der Waals surface area contributed by atoms with E-state index in [9.17, 15) is 4.79 Å². The monoisotopic (exact) mass is 475 g/mol. The molecule has 3 atom stereocenters. The van der Waals surface area contributed by atoms with Gasteiger partial charge >= 0.3 is 0 Å². The first-order chi connectivity index (χ1) is 14.4. The summed E-state index contributed by atoms with van der Waals surface area (Å²) >= 11 is 3.43. The minimum atomic E-state index is -0.293. The van der Waals surface area contributed by atoms with Crippen molar-refractivity contribution in [1.82, 2.24) is 19.5 Å². The maximum atomic E-state index is 13.2. The first-order valence-electron chi connectivity index (χ1n) is 10.7. The van der Waals surface area contributed by atoms with Gasteiger partial charge in [0.05, 0.1) is 22.3 Å². The lowest BCUT2D eigenvalue weighted by molar-refractivity contribution is -0.136. The summed E-state index contributed by atoms with van der Waals surface area (Å²) in [6, 6.07) is 2.21. The molecular weight excluding hydrogens is 446 g/mol. The number of amides is 1. The maximum Gasteiger partial charge on any atom is 0.232 e. The molecule has 0 radical (unpaired) electrons. The Morgan fingerprint density at radius 3 is 2.83 bits per heavy atom. The highest BCUT2D eigenvalue weighted by atomic mass is 79.9. The number of likely N-dealkylation sites (tertiary alicyclic amines) is 1. The Morgan fingerprint density at radius 1 is 1.33 bits per heavy atom. The van der Waals surface area contributed by atoms with E-state index in [-0.39, 0.29) is 23.9 Å². The smallest absolute Gasteiger partial charge is 0.232 e. The number of aliphatic imine (C=N–C) groups is 1. The standard InChI is InChI=1S/C21H30BrN7O/c1-13-11-29-18(25-20(13)27-9-7-15(23)12-27)10-16(26-29)17-6-4-5-8-28(17)21(30)14(2)19(22)24-3/h10-11,14-15,17H,4-9,12,23H2,1-3H3/t14?,15-,17-/m0/s1. The zero-order valence-electron chi connectivity index (χ0n) is 17.9. The van der Waals surface area contributed by atoms with Gasteiger partial charge in [-0.3, -0.25) is 9.79 Å². The van der Waals surface area contributed by atoms with Gasteiger partial charge in [0, 0.05) is 50.6 Å². The minimum Gasteiger partial charge on any atom is -0.355 e. The quantitative estimate of drug-likeness (QED) is 0.686. The molecule has 2 aromatic heterocycles. The summed E-state index contributed by atoms with van der Waals surface area (Å²) in [6.45, 7) is 6.47. The molecule has 2 saturated heterocycles. The van der Waals surface area contributed by atoms with Crippen molar-refractivity contribution in [2.24, 2.45) is 16.6 Å². The fraction of sp³-hybridized carbons (Fsp3) is 0.619. The van der Waals surface area contributed by atoms with Crippen LogP contribution in [0, 0.1) is 12.8 Å². The molecule has 2 N–H and O–H groups in total. The molecule has 8 nitrogen and oxygen atoms in total. The fourth-order valence-corrected chi connectivity index (χ4v) is 4.72. The van der Waals surface area contributed by atoms with Crippen LogP contribution in [0.25, 0.3) is 5.65 Å². The Balaban J connectivity index is 1.64. The predicted molar refractivity (Wildman–Crippen MR) is 122 cm³/mol. The summed E-state index contributed by atoms with van der Waals surface area (Å²) < 4.78 is 2.52. The minimum absolute atomic E-state index is 0.0310. The van der Waals surface area contributed by atoms with Crippen LogP contribution in [0.4, 0.5) is 5.82 Å². The Hall–Kier alpha value is -2.00. The molecule has 2 aliphatic heterocycles. The number of fused-ring (bicyclic) bond motifs is 1. The molecule has 0 spiro atoms. The average molecular weight is 476 g/mol. The zero-order valence-corrected chi connectivity index (χ0v) is 19.5. The van der Waals surface area contributed by atoms with Crippen molar-refractivity contribution in [3.8, 4) is 0 Å². The molecule has 1 unspecified atom stereocenters. The zero-order chi connectivity index (χ0) is 21.4. The summed E-state index contributed by atoms with van der Waals surface area (Å²) in [6.07, 6.45) is 6.03. The number of carbonyl (C=O) groups excluding carboxylic acids is 1. The molecule has 2 fully saturated rings. The lowest BCUT2D eigenvalue weighted by atomic mass is 9.97. The molecule has 2 aliphatic rings. The van der Waals surface area contributed by atoms with Crippen molar-refractivity contribution in [2.75, 3.05) is 31.6 Å². The Bertz CT molecular complexity index is 972. The third kappa shape index (κ3) is 3.97. The van der Waals surface area contributed by atoms with Crippen LogP contribution in [0.1, 0.15) is 49.9 Å². The summed E-state index contributed by atoms with van der Waals surface area (Å²) in [4.78, 5) is 26.4. The van der Waals surface area contributed by atoms with Crippen molar-refractivity contribution in [3.63, 3.8) is 0 Å². The molecule has 4 heterocycles. The summed E-state index contributed by atoms with van der Waals surface area (Å²) in [5.41, 5.74) is 8.89. The van der Waals surface area contributed by atoms with Crippen LogP contribution in [0.3, 0.4) is 0 Å². The molecule has 2 aromatic rings. The number of anilines is 1. The van der Waals surface area contributed by atoms with Crippen LogP contribution in [-0.4, -0.2) is 62.7 Å². The average Bonchev–Trinajstić information content (AvgIpc) is 3.37. The maximum absolute atomic E-state index is 13.2.